The van der Waals surface area contributed by atoms with Crippen LogP contribution in [0.1, 0.15) is 10.4 Å². The highest BCUT2D eigenvalue weighted by Crippen LogP contribution is 2.22. The fraction of sp³-hybridized carbons (Fsp3) is 0. The summed E-state index contributed by atoms with van der Waals surface area (Å²) >= 11 is 0. The average Bonchev–Trinajstić information content (AvgIpc) is 2.87. The molecule has 0 spiro atoms. The Morgan fingerprint density at radius 3 is 2.56 bits per heavy atom. The molecule has 3 heteroatoms. The van der Waals surface area contributed by atoms with Crippen molar-refractivity contribution in [2.75, 3.05) is 0 Å². The first-order valence-corrected chi connectivity index (χ1v) is 5.71. The van der Waals surface area contributed by atoms with Gasteiger partial charge in [0.15, 0.2) is 0 Å². The summed E-state index contributed by atoms with van der Waals surface area (Å²) < 4.78 is 1.92. The van der Waals surface area contributed by atoms with Crippen LogP contribution >= 0.6 is 0 Å². The number of rotatable bonds is 2. The normalized spacial score (nSPS) is 10.7. The number of hydrogen-bond acceptors (Lipinski definition) is 1. The molecule has 3 rings (SSSR count). The number of amides is 1. The van der Waals surface area contributed by atoms with E-state index in [1.165, 1.54) is 5.39 Å². The van der Waals surface area contributed by atoms with Crippen LogP contribution in [0.5, 0.6) is 0 Å². The molecular formula is C15H12N2O. The van der Waals surface area contributed by atoms with Gasteiger partial charge in [0.05, 0.1) is 11.3 Å². The van der Waals surface area contributed by atoms with Crippen molar-refractivity contribution in [2.45, 2.75) is 0 Å². The molecule has 3 aromatic rings. The maximum absolute atomic E-state index is 11.1. The minimum atomic E-state index is -0.408. The molecule has 0 aliphatic heterocycles. The second kappa shape index (κ2) is 4.04. The van der Waals surface area contributed by atoms with Gasteiger partial charge in [0.25, 0.3) is 0 Å². The number of benzene rings is 2. The Balaban J connectivity index is 2.21. The van der Waals surface area contributed by atoms with Crippen LogP contribution in [0.3, 0.4) is 0 Å². The van der Waals surface area contributed by atoms with Crippen LogP contribution in [-0.4, -0.2) is 10.5 Å². The Morgan fingerprint density at radius 1 is 1.00 bits per heavy atom. The van der Waals surface area contributed by atoms with E-state index in [2.05, 4.69) is 18.2 Å². The van der Waals surface area contributed by atoms with Crippen LogP contribution in [0.2, 0.25) is 0 Å². The maximum atomic E-state index is 11.1. The van der Waals surface area contributed by atoms with Gasteiger partial charge in [0, 0.05) is 17.8 Å². The SMILES string of the molecule is NC(=O)c1ccn(-c2cccc3ccccc23)c1. The standard InChI is InChI=1S/C15H12N2O/c16-15(18)12-8-9-17(10-12)14-7-3-5-11-4-1-2-6-13(11)14/h1-10H,(H2,16,18). The van der Waals surface area contributed by atoms with E-state index in [1.54, 1.807) is 12.3 Å². The molecule has 0 radical (unpaired) electrons. The Morgan fingerprint density at radius 2 is 1.78 bits per heavy atom. The molecule has 0 aliphatic rings. The molecular weight excluding hydrogens is 224 g/mol. The van der Waals surface area contributed by atoms with Crippen molar-refractivity contribution in [1.29, 1.82) is 0 Å². The number of nitrogens with two attached hydrogens (primary N) is 1. The zero-order chi connectivity index (χ0) is 12.5. The highest BCUT2D eigenvalue weighted by molar-refractivity contribution is 5.94. The van der Waals surface area contributed by atoms with Gasteiger partial charge in [-0.25, -0.2) is 0 Å². The fourth-order valence-corrected chi connectivity index (χ4v) is 2.13. The number of primary amides is 1. The smallest absolute Gasteiger partial charge is 0.250 e. The first-order chi connectivity index (χ1) is 8.75. The molecule has 0 aliphatic carbocycles. The van der Waals surface area contributed by atoms with Gasteiger partial charge >= 0.3 is 0 Å². The summed E-state index contributed by atoms with van der Waals surface area (Å²) in [5.74, 6) is -0.408. The molecule has 88 valence electrons. The number of fused-ring (bicyclic) bond motifs is 1. The molecule has 0 bridgehead atoms. The van der Waals surface area contributed by atoms with Crippen LogP contribution in [-0.2, 0) is 0 Å². The average molecular weight is 236 g/mol. The van der Waals surface area contributed by atoms with E-state index >= 15 is 0 Å². The highest BCUT2D eigenvalue weighted by atomic mass is 16.1. The van der Waals surface area contributed by atoms with Crippen molar-refractivity contribution in [2.24, 2.45) is 5.73 Å². The third-order valence-electron chi connectivity index (χ3n) is 3.02. The summed E-state index contributed by atoms with van der Waals surface area (Å²) in [6.45, 7) is 0. The molecule has 0 fully saturated rings. The summed E-state index contributed by atoms with van der Waals surface area (Å²) in [5, 5.41) is 2.32. The summed E-state index contributed by atoms with van der Waals surface area (Å²) in [7, 11) is 0. The monoisotopic (exact) mass is 236 g/mol. The lowest BCUT2D eigenvalue weighted by Crippen LogP contribution is -2.09. The molecule has 18 heavy (non-hydrogen) atoms. The van der Waals surface area contributed by atoms with Gasteiger partial charge in [0.1, 0.15) is 0 Å². The first-order valence-electron chi connectivity index (χ1n) is 5.71. The third-order valence-corrected chi connectivity index (χ3v) is 3.02. The van der Waals surface area contributed by atoms with E-state index in [0.717, 1.165) is 11.1 Å². The van der Waals surface area contributed by atoms with E-state index in [4.69, 9.17) is 5.73 Å². The van der Waals surface area contributed by atoms with Gasteiger partial charge in [-0.1, -0.05) is 36.4 Å². The van der Waals surface area contributed by atoms with Crippen LogP contribution < -0.4 is 5.73 Å². The van der Waals surface area contributed by atoms with Crippen molar-refractivity contribution < 1.29 is 4.79 Å². The lowest BCUT2D eigenvalue weighted by molar-refractivity contribution is 0.100. The summed E-state index contributed by atoms with van der Waals surface area (Å²) in [6, 6.07) is 16.0. The molecule has 0 atom stereocenters. The van der Waals surface area contributed by atoms with Crippen LogP contribution in [0.15, 0.2) is 60.9 Å². The number of carbonyl (C=O) groups excluding carboxylic acids is 1. The molecule has 0 saturated carbocycles. The Kier molecular flexibility index (Phi) is 2.38. The number of hydrogen-bond donors (Lipinski definition) is 1. The van der Waals surface area contributed by atoms with Crippen molar-refractivity contribution in [3.63, 3.8) is 0 Å². The van der Waals surface area contributed by atoms with Crippen molar-refractivity contribution >= 4 is 16.7 Å². The molecule has 0 unspecified atom stereocenters. The molecule has 1 heterocycles. The van der Waals surface area contributed by atoms with E-state index in [-0.39, 0.29) is 0 Å². The van der Waals surface area contributed by atoms with E-state index < -0.39 is 5.91 Å². The second-order valence-corrected chi connectivity index (χ2v) is 4.17. The number of carbonyl (C=O) groups is 1. The van der Waals surface area contributed by atoms with Crippen LogP contribution in [0.4, 0.5) is 0 Å². The van der Waals surface area contributed by atoms with E-state index in [0.29, 0.717) is 5.56 Å². The largest absolute Gasteiger partial charge is 0.366 e. The minimum absolute atomic E-state index is 0.408. The Labute approximate surface area is 104 Å². The predicted molar refractivity (Wildman–Crippen MR) is 71.8 cm³/mol. The lowest BCUT2D eigenvalue weighted by atomic mass is 10.1. The predicted octanol–water partition coefficient (Wildman–Crippen LogP) is 2.73. The molecule has 2 aromatic carbocycles. The topological polar surface area (TPSA) is 48.0 Å². The molecule has 1 aromatic heterocycles. The second-order valence-electron chi connectivity index (χ2n) is 4.17. The van der Waals surface area contributed by atoms with Gasteiger partial charge in [-0.3, -0.25) is 4.79 Å². The Bertz CT molecular complexity index is 723. The first kappa shape index (κ1) is 10.6. The zero-order valence-electron chi connectivity index (χ0n) is 9.71. The lowest BCUT2D eigenvalue weighted by Gasteiger charge is -2.07. The van der Waals surface area contributed by atoms with Crippen LogP contribution in [0.25, 0.3) is 16.5 Å². The minimum Gasteiger partial charge on any atom is -0.366 e. The van der Waals surface area contributed by atoms with Gasteiger partial charge < -0.3 is 10.3 Å². The summed E-state index contributed by atoms with van der Waals surface area (Å²) in [4.78, 5) is 11.1. The van der Waals surface area contributed by atoms with Gasteiger partial charge in [-0.05, 0) is 17.5 Å². The molecule has 3 nitrogen and oxygen atoms in total. The molecule has 0 saturated heterocycles. The maximum Gasteiger partial charge on any atom is 0.250 e. The Hall–Kier alpha value is -2.55. The quantitative estimate of drug-likeness (QED) is 0.730. The van der Waals surface area contributed by atoms with Gasteiger partial charge in [0.2, 0.25) is 5.91 Å². The molecule has 2 N–H and O–H groups in total. The fourth-order valence-electron chi connectivity index (χ4n) is 2.13. The summed E-state index contributed by atoms with van der Waals surface area (Å²) in [5.41, 5.74) is 6.82. The van der Waals surface area contributed by atoms with Gasteiger partial charge in [-0.15, -0.1) is 0 Å². The van der Waals surface area contributed by atoms with Crippen LogP contribution in [0, 0.1) is 0 Å². The number of nitrogens with zero attached hydrogens (tertiary/aromatic N) is 1. The van der Waals surface area contributed by atoms with Gasteiger partial charge in [-0.2, -0.15) is 0 Å². The summed E-state index contributed by atoms with van der Waals surface area (Å²) in [6.07, 6.45) is 3.60. The third kappa shape index (κ3) is 1.66. The number of aromatic nitrogens is 1. The van der Waals surface area contributed by atoms with Crippen molar-refractivity contribution in [3.8, 4) is 5.69 Å². The zero-order valence-corrected chi connectivity index (χ0v) is 9.71. The van der Waals surface area contributed by atoms with E-state index in [9.17, 15) is 4.79 Å². The van der Waals surface area contributed by atoms with E-state index in [1.807, 2.05) is 35.0 Å². The van der Waals surface area contributed by atoms with Crippen molar-refractivity contribution in [3.05, 3.63) is 66.5 Å². The molecule has 1 amide bonds. The highest BCUT2D eigenvalue weighted by Gasteiger charge is 2.06. The van der Waals surface area contributed by atoms with Crippen molar-refractivity contribution in [1.82, 2.24) is 4.57 Å².